The van der Waals surface area contributed by atoms with Gasteiger partial charge in [0, 0.05) is 37.3 Å². The van der Waals surface area contributed by atoms with Crippen molar-refractivity contribution in [2.24, 2.45) is 0 Å². The standard InChI is InChI=1S/C17H19N7O.C2H6/c1-25-6-5-24-9-15(22-11-24)12-3-2-4-13(7-12)23-17-14(8-18)16(19)20-10-21-17;1-2/h2-4,7-11,18H,5-6H2,1H3,(H3,19,20,21,23);1-2H3. The van der Waals surface area contributed by atoms with Gasteiger partial charge in [-0.05, 0) is 12.1 Å². The fourth-order valence-electron chi connectivity index (χ4n) is 2.37. The summed E-state index contributed by atoms with van der Waals surface area (Å²) in [5.41, 5.74) is 8.90. The predicted octanol–water partition coefficient (Wildman–Crippen LogP) is 3.34. The molecule has 8 heteroatoms. The first-order valence-corrected chi connectivity index (χ1v) is 8.70. The summed E-state index contributed by atoms with van der Waals surface area (Å²) >= 11 is 0. The number of anilines is 3. The number of nitrogens with one attached hydrogen (secondary N) is 2. The van der Waals surface area contributed by atoms with Crippen molar-refractivity contribution in [1.82, 2.24) is 19.5 Å². The van der Waals surface area contributed by atoms with E-state index in [1.807, 2.05) is 48.9 Å². The van der Waals surface area contributed by atoms with Gasteiger partial charge in [0.15, 0.2) is 0 Å². The largest absolute Gasteiger partial charge is 0.383 e. The first-order chi connectivity index (χ1) is 13.2. The number of rotatable bonds is 7. The number of ether oxygens (including phenoxy) is 1. The summed E-state index contributed by atoms with van der Waals surface area (Å²) in [6.45, 7) is 5.39. The van der Waals surface area contributed by atoms with Crippen molar-refractivity contribution in [3.05, 3.63) is 48.7 Å². The second-order valence-electron chi connectivity index (χ2n) is 5.36. The molecule has 0 aliphatic rings. The SMILES string of the molecule is CC.COCCn1cnc(-c2cccc(Nc3ncnc(N)c3C=N)c2)c1. The molecule has 0 fully saturated rings. The van der Waals surface area contributed by atoms with E-state index in [9.17, 15) is 0 Å². The van der Waals surface area contributed by atoms with Gasteiger partial charge in [0.2, 0.25) is 0 Å². The highest BCUT2D eigenvalue weighted by Crippen LogP contribution is 2.24. The molecule has 0 aliphatic carbocycles. The Bertz CT molecular complexity index is 876. The third kappa shape index (κ3) is 5.11. The maximum atomic E-state index is 7.48. The predicted molar refractivity (Wildman–Crippen MR) is 108 cm³/mol. The number of nitrogens with two attached hydrogens (primary N) is 1. The molecule has 2 heterocycles. The molecule has 0 bridgehead atoms. The number of benzene rings is 1. The van der Waals surface area contributed by atoms with E-state index in [1.165, 1.54) is 6.33 Å². The highest BCUT2D eigenvalue weighted by molar-refractivity contribution is 5.91. The van der Waals surface area contributed by atoms with Crippen LogP contribution in [-0.4, -0.2) is 39.5 Å². The average molecular weight is 367 g/mol. The fraction of sp³-hybridized carbons (Fsp3) is 0.263. The Kier molecular flexibility index (Phi) is 7.45. The molecule has 0 amide bonds. The Hall–Kier alpha value is -3.26. The van der Waals surface area contributed by atoms with Crippen LogP contribution in [0.3, 0.4) is 0 Å². The lowest BCUT2D eigenvalue weighted by Gasteiger charge is -2.10. The number of methoxy groups -OCH3 is 1. The zero-order valence-corrected chi connectivity index (χ0v) is 15.8. The normalized spacial score (nSPS) is 10.0. The van der Waals surface area contributed by atoms with Gasteiger partial charge in [-0.3, -0.25) is 0 Å². The van der Waals surface area contributed by atoms with Crippen molar-refractivity contribution in [2.45, 2.75) is 20.4 Å². The highest BCUT2D eigenvalue weighted by Gasteiger charge is 2.08. The summed E-state index contributed by atoms with van der Waals surface area (Å²) in [5, 5.41) is 10.7. The molecule has 4 N–H and O–H groups in total. The van der Waals surface area contributed by atoms with Gasteiger partial charge >= 0.3 is 0 Å². The molecule has 142 valence electrons. The smallest absolute Gasteiger partial charge is 0.144 e. The van der Waals surface area contributed by atoms with Gasteiger partial charge in [0.1, 0.15) is 18.0 Å². The zero-order valence-electron chi connectivity index (χ0n) is 15.8. The van der Waals surface area contributed by atoms with Gasteiger partial charge < -0.3 is 25.8 Å². The summed E-state index contributed by atoms with van der Waals surface area (Å²) in [5.74, 6) is 0.755. The molecular formula is C19H25N7O. The van der Waals surface area contributed by atoms with Gasteiger partial charge in [0.25, 0.3) is 0 Å². The summed E-state index contributed by atoms with van der Waals surface area (Å²) in [7, 11) is 1.68. The molecule has 0 radical (unpaired) electrons. The van der Waals surface area contributed by atoms with E-state index >= 15 is 0 Å². The third-order valence-corrected chi connectivity index (χ3v) is 3.67. The van der Waals surface area contributed by atoms with Crippen LogP contribution in [0.25, 0.3) is 11.3 Å². The van der Waals surface area contributed by atoms with Gasteiger partial charge in [-0.25, -0.2) is 15.0 Å². The minimum absolute atomic E-state index is 0.264. The lowest BCUT2D eigenvalue weighted by Crippen LogP contribution is -2.04. The van der Waals surface area contributed by atoms with E-state index in [2.05, 4.69) is 20.3 Å². The Morgan fingerprint density at radius 3 is 2.81 bits per heavy atom. The number of imidazole rings is 1. The molecule has 0 saturated heterocycles. The molecule has 3 rings (SSSR count). The summed E-state index contributed by atoms with van der Waals surface area (Å²) in [4.78, 5) is 12.5. The minimum Gasteiger partial charge on any atom is -0.383 e. The van der Waals surface area contributed by atoms with Crippen LogP contribution in [0.15, 0.2) is 43.1 Å². The highest BCUT2D eigenvalue weighted by atomic mass is 16.5. The summed E-state index contributed by atoms with van der Waals surface area (Å²) in [6.07, 6.45) is 6.27. The maximum Gasteiger partial charge on any atom is 0.144 e. The van der Waals surface area contributed by atoms with Crippen LogP contribution in [0, 0.1) is 5.41 Å². The lowest BCUT2D eigenvalue weighted by atomic mass is 10.1. The number of hydrogen-bond donors (Lipinski definition) is 3. The fourth-order valence-corrected chi connectivity index (χ4v) is 2.37. The topological polar surface area (TPSA) is 115 Å². The Morgan fingerprint density at radius 1 is 1.26 bits per heavy atom. The van der Waals surface area contributed by atoms with Gasteiger partial charge in [-0.1, -0.05) is 26.0 Å². The number of nitrogens with zero attached hydrogens (tertiary/aromatic N) is 4. The molecule has 1 aromatic carbocycles. The van der Waals surface area contributed by atoms with Crippen LogP contribution >= 0.6 is 0 Å². The van der Waals surface area contributed by atoms with E-state index in [0.29, 0.717) is 18.0 Å². The first kappa shape index (κ1) is 20.1. The maximum absolute atomic E-state index is 7.48. The van der Waals surface area contributed by atoms with Crippen molar-refractivity contribution in [1.29, 1.82) is 5.41 Å². The van der Waals surface area contributed by atoms with Crippen molar-refractivity contribution >= 4 is 23.5 Å². The third-order valence-electron chi connectivity index (χ3n) is 3.67. The van der Waals surface area contributed by atoms with E-state index in [4.69, 9.17) is 15.9 Å². The van der Waals surface area contributed by atoms with E-state index in [0.717, 1.165) is 29.7 Å². The van der Waals surface area contributed by atoms with Crippen LogP contribution in [0.5, 0.6) is 0 Å². The van der Waals surface area contributed by atoms with E-state index in [1.54, 1.807) is 13.4 Å². The average Bonchev–Trinajstić information content (AvgIpc) is 3.17. The van der Waals surface area contributed by atoms with Crippen LogP contribution in [0.2, 0.25) is 0 Å². The molecule has 0 spiro atoms. The monoisotopic (exact) mass is 367 g/mol. The van der Waals surface area contributed by atoms with Gasteiger partial charge in [0.05, 0.1) is 24.2 Å². The van der Waals surface area contributed by atoms with Gasteiger partial charge in [-0.15, -0.1) is 0 Å². The lowest BCUT2D eigenvalue weighted by molar-refractivity contribution is 0.187. The molecular weight excluding hydrogens is 342 g/mol. The molecule has 3 aromatic rings. The second-order valence-corrected chi connectivity index (χ2v) is 5.36. The Morgan fingerprint density at radius 2 is 2.07 bits per heavy atom. The summed E-state index contributed by atoms with van der Waals surface area (Å²) < 4.78 is 7.06. The van der Waals surface area contributed by atoms with Crippen molar-refractivity contribution in [3.8, 4) is 11.3 Å². The van der Waals surface area contributed by atoms with Crippen LogP contribution in [0.1, 0.15) is 19.4 Å². The molecule has 0 unspecified atom stereocenters. The molecule has 8 nitrogen and oxygen atoms in total. The zero-order chi connectivity index (χ0) is 19.6. The van der Waals surface area contributed by atoms with E-state index < -0.39 is 0 Å². The van der Waals surface area contributed by atoms with Crippen molar-refractivity contribution in [3.63, 3.8) is 0 Å². The van der Waals surface area contributed by atoms with Crippen molar-refractivity contribution < 1.29 is 4.74 Å². The quantitative estimate of drug-likeness (QED) is 0.552. The number of hydrogen-bond acceptors (Lipinski definition) is 7. The second kappa shape index (κ2) is 10.0. The molecule has 0 aliphatic heterocycles. The summed E-state index contributed by atoms with van der Waals surface area (Å²) in [6, 6.07) is 7.80. The van der Waals surface area contributed by atoms with E-state index in [-0.39, 0.29) is 5.82 Å². The minimum atomic E-state index is 0.264. The van der Waals surface area contributed by atoms with Gasteiger partial charge in [-0.2, -0.15) is 0 Å². The molecule has 0 saturated carbocycles. The molecule has 2 aromatic heterocycles. The number of aromatic nitrogens is 4. The van der Waals surface area contributed by atoms with Crippen LogP contribution in [0.4, 0.5) is 17.3 Å². The molecule has 27 heavy (non-hydrogen) atoms. The first-order valence-electron chi connectivity index (χ1n) is 8.70. The Labute approximate surface area is 159 Å². The van der Waals surface area contributed by atoms with Crippen LogP contribution < -0.4 is 11.1 Å². The van der Waals surface area contributed by atoms with Crippen LogP contribution in [-0.2, 0) is 11.3 Å². The Balaban J connectivity index is 0.00000126. The van der Waals surface area contributed by atoms with Crippen molar-refractivity contribution in [2.75, 3.05) is 24.8 Å². The number of nitrogen functional groups attached to an aromatic ring is 1. The molecule has 0 atom stereocenters.